The lowest BCUT2D eigenvalue weighted by Crippen LogP contribution is -2.51. The van der Waals surface area contributed by atoms with Crippen LogP contribution in [0.4, 0.5) is 0 Å². The summed E-state index contributed by atoms with van der Waals surface area (Å²) in [4.78, 5) is 2.53. The molecule has 1 rings (SSSR count). The minimum atomic E-state index is 0.409. The SMILES string of the molecule is CCCOC1CCCN(C(CNC(C)C)COC)C1. The zero-order chi connectivity index (χ0) is 14.1. The molecule has 0 aromatic rings. The van der Waals surface area contributed by atoms with Crippen molar-refractivity contribution in [2.45, 2.75) is 58.2 Å². The summed E-state index contributed by atoms with van der Waals surface area (Å²) in [6.45, 7) is 11.4. The van der Waals surface area contributed by atoms with Crippen LogP contribution in [0.25, 0.3) is 0 Å². The van der Waals surface area contributed by atoms with Crippen molar-refractivity contribution in [3.63, 3.8) is 0 Å². The Hall–Kier alpha value is -0.160. The van der Waals surface area contributed by atoms with Gasteiger partial charge in [0.25, 0.3) is 0 Å². The number of nitrogens with one attached hydrogen (secondary N) is 1. The highest BCUT2D eigenvalue weighted by Crippen LogP contribution is 2.16. The Balaban J connectivity index is 2.42. The molecule has 0 aromatic heterocycles. The van der Waals surface area contributed by atoms with E-state index < -0.39 is 0 Å². The summed E-state index contributed by atoms with van der Waals surface area (Å²) in [6.07, 6.45) is 3.95. The number of rotatable bonds is 9. The summed E-state index contributed by atoms with van der Waals surface area (Å²) in [7, 11) is 1.79. The third kappa shape index (κ3) is 6.70. The van der Waals surface area contributed by atoms with E-state index in [-0.39, 0.29) is 0 Å². The van der Waals surface area contributed by atoms with Crippen LogP contribution in [-0.2, 0) is 9.47 Å². The second-order valence-corrected chi connectivity index (χ2v) is 5.80. The van der Waals surface area contributed by atoms with E-state index in [0.717, 1.165) is 32.7 Å². The Morgan fingerprint density at radius 1 is 1.37 bits per heavy atom. The fraction of sp³-hybridized carbons (Fsp3) is 1.00. The molecule has 1 aliphatic rings. The standard InChI is InChI=1S/C15H32N2O2/c1-5-9-19-15-7-6-8-17(11-15)14(12-18-4)10-16-13(2)3/h13-16H,5-12H2,1-4H3. The minimum absolute atomic E-state index is 0.409. The highest BCUT2D eigenvalue weighted by Gasteiger charge is 2.26. The van der Waals surface area contributed by atoms with Crippen LogP contribution in [0.5, 0.6) is 0 Å². The van der Waals surface area contributed by atoms with E-state index in [1.54, 1.807) is 7.11 Å². The molecule has 0 saturated carbocycles. The molecule has 0 bridgehead atoms. The summed E-state index contributed by atoms with van der Waals surface area (Å²) in [5.41, 5.74) is 0. The molecule has 1 aliphatic heterocycles. The fourth-order valence-electron chi connectivity index (χ4n) is 2.58. The summed E-state index contributed by atoms with van der Waals surface area (Å²) in [5, 5.41) is 3.52. The van der Waals surface area contributed by atoms with Gasteiger partial charge in [-0.1, -0.05) is 20.8 Å². The molecule has 0 radical (unpaired) electrons. The third-order valence-electron chi connectivity index (χ3n) is 3.60. The van der Waals surface area contributed by atoms with Gasteiger partial charge in [-0.15, -0.1) is 0 Å². The van der Waals surface area contributed by atoms with Crippen LogP contribution in [-0.4, -0.2) is 63.0 Å². The maximum absolute atomic E-state index is 5.91. The van der Waals surface area contributed by atoms with Crippen LogP contribution < -0.4 is 5.32 Å². The first-order valence-electron chi connectivity index (χ1n) is 7.75. The molecule has 1 saturated heterocycles. The molecule has 2 unspecified atom stereocenters. The van der Waals surface area contributed by atoms with Gasteiger partial charge in [0.2, 0.25) is 0 Å². The van der Waals surface area contributed by atoms with E-state index in [0.29, 0.717) is 18.2 Å². The maximum atomic E-state index is 5.91. The number of piperidine rings is 1. The Morgan fingerprint density at radius 3 is 2.79 bits per heavy atom. The van der Waals surface area contributed by atoms with Crippen molar-refractivity contribution in [3.05, 3.63) is 0 Å². The van der Waals surface area contributed by atoms with Gasteiger partial charge in [0.05, 0.1) is 12.7 Å². The van der Waals surface area contributed by atoms with E-state index in [1.165, 1.54) is 19.4 Å². The normalized spacial score (nSPS) is 22.9. The van der Waals surface area contributed by atoms with Crippen LogP contribution in [0.2, 0.25) is 0 Å². The Morgan fingerprint density at radius 2 is 2.16 bits per heavy atom. The first kappa shape index (κ1) is 16.9. The van der Waals surface area contributed by atoms with Crippen LogP contribution in [0.1, 0.15) is 40.0 Å². The van der Waals surface area contributed by atoms with Gasteiger partial charge in [-0.3, -0.25) is 4.90 Å². The van der Waals surface area contributed by atoms with Crippen molar-refractivity contribution in [2.75, 3.05) is 40.0 Å². The molecule has 1 N–H and O–H groups in total. The zero-order valence-electron chi connectivity index (χ0n) is 13.2. The van der Waals surface area contributed by atoms with Gasteiger partial charge in [-0.25, -0.2) is 0 Å². The highest BCUT2D eigenvalue weighted by atomic mass is 16.5. The van der Waals surface area contributed by atoms with Gasteiger partial charge in [0, 0.05) is 38.9 Å². The topological polar surface area (TPSA) is 33.7 Å². The van der Waals surface area contributed by atoms with Crippen molar-refractivity contribution in [1.82, 2.24) is 10.2 Å². The predicted octanol–water partition coefficient (Wildman–Crippen LogP) is 1.89. The van der Waals surface area contributed by atoms with Gasteiger partial charge < -0.3 is 14.8 Å². The number of methoxy groups -OCH3 is 1. The van der Waals surface area contributed by atoms with Crippen molar-refractivity contribution in [1.29, 1.82) is 0 Å². The first-order chi connectivity index (χ1) is 9.17. The monoisotopic (exact) mass is 272 g/mol. The second kappa shape index (κ2) is 9.70. The van der Waals surface area contributed by atoms with E-state index in [2.05, 4.69) is 31.0 Å². The Bertz CT molecular complexity index is 224. The summed E-state index contributed by atoms with van der Waals surface area (Å²) >= 11 is 0. The lowest BCUT2D eigenvalue weighted by molar-refractivity contribution is -0.0235. The predicted molar refractivity (Wildman–Crippen MR) is 79.6 cm³/mol. The smallest absolute Gasteiger partial charge is 0.0702 e. The van der Waals surface area contributed by atoms with Gasteiger partial charge in [-0.2, -0.15) is 0 Å². The average molecular weight is 272 g/mol. The molecule has 2 atom stereocenters. The lowest BCUT2D eigenvalue weighted by Gasteiger charge is -2.38. The number of hydrogen-bond donors (Lipinski definition) is 1. The molecule has 1 fully saturated rings. The summed E-state index contributed by atoms with van der Waals surface area (Å²) in [6, 6.07) is 0.983. The van der Waals surface area contributed by atoms with Crippen LogP contribution >= 0.6 is 0 Å². The number of nitrogens with zero attached hydrogens (tertiary/aromatic N) is 1. The van der Waals surface area contributed by atoms with E-state index in [1.807, 2.05) is 0 Å². The van der Waals surface area contributed by atoms with Gasteiger partial charge in [0.15, 0.2) is 0 Å². The largest absolute Gasteiger partial charge is 0.383 e. The van der Waals surface area contributed by atoms with Crippen molar-refractivity contribution in [3.8, 4) is 0 Å². The van der Waals surface area contributed by atoms with Crippen molar-refractivity contribution >= 4 is 0 Å². The Kier molecular flexibility index (Phi) is 8.62. The summed E-state index contributed by atoms with van der Waals surface area (Å²) in [5.74, 6) is 0. The molecule has 114 valence electrons. The molecule has 4 nitrogen and oxygen atoms in total. The molecule has 1 heterocycles. The molecule has 19 heavy (non-hydrogen) atoms. The van der Waals surface area contributed by atoms with Crippen LogP contribution in [0.3, 0.4) is 0 Å². The molecular formula is C15H32N2O2. The molecule has 4 heteroatoms. The van der Waals surface area contributed by atoms with Crippen LogP contribution in [0.15, 0.2) is 0 Å². The molecule has 0 amide bonds. The van der Waals surface area contributed by atoms with E-state index in [4.69, 9.17) is 9.47 Å². The van der Waals surface area contributed by atoms with Crippen LogP contribution in [0, 0.1) is 0 Å². The third-order valence-corrected chi connectivity index (χ3v) is 3.60. The second-order valence-electron chi connectivity index (χ2n) is 5.80. The minimum Gasteiger partial charge on any atom is -0.383 e. The van der Waals surface area contributed by atoms with Gasteiger partial charge in [-0.05, 0) is 25.8 Å². The molecule has 0 aromatic carbocycles. The lowest BCUT2D eigenvalue weighted by atomic mass is 10.1. The highest BCUT2D eigenvalue weighted by molar-refractivity contribution is 4.81. The zero-order valence-corrected chi connectivity index (χ0v) is 13.2. The maximum Gasteiger partial charge on any atom is 0.0702 e. The summed E-state index contributed by atoms with van der Waals surface area (Å²) < 4.78 is 11.3. The van der Waals surface area contributed by atoms with Crippen molar-refractivity contribution in [2.24, 2.45) is 0 Å². The van der Waals surface area contributed by atoms with Gasteiger partial charge in [0.1, 0.15) is 0 Å². The Labute approximate surface area is 118 Å². The average Bonchev–Trinajstić information content (AvgIpc) is 2.41. The quantitative estimate of drug-likeness (QED) is 0.695. The van der Waals surface area contributed by atoms with Gasteiger partial charge >= 0.3 is 0 Å². The van der Waals surface area contributed by atoms with Crippen molar-refractivity contribution < 1.29 is 9.47 Å². The fourth-order valence-corrected chi connectivity index (χ4v) is 2.58. The number of ether oxygens (including phenoxy) is 2. The van der Waals surface area contributed by atoms with E-state index >= 15 is 0 Å². The molecular weight excluding hydrogens is 240 g/mol. The van der Waals surface area contributed by atoms with E-state index in [9.17, 15) is 0 Å². The number of hydrogen-bond acceptors (Lipinski definition) is 4. The number of likely N-dealkylation sites (tertiary alicyclic amines) is 1. The molecule has 0 spiro atoms. The molecule has 0 aliphatic carbocycles. The first-order valence-corrected chi connectivity index (χ1v) is 7.75.